The van der Waals surface area contributed by atoms with Gasteiger partial charge in [-0.1, -0.05) is 54.1 Å². The van der Waals surface area contributed by atoms with Gasteiger partial charge in [-0.2, -0.15) is 5.10 Å². The van der Waals surface area contributed by atoms with Crippen LogP contribution in [0.2, 0.25) is 5.02 Å². The minimum atomic E-state index is -3.93. The summed E-state index contributed by atoms with van der Waals surface area (Å²) >= 11 is 5.89. The van der Waals surface area contributed by atoms with E-state index in [-0.39, 0.29) is 16.8 Å². The summed E-state index contributed by atoms with van der Waals surface area (Å²) in [7, 11) is -5.85. The Kier molecular flexibility index (Phi) is 7.34. The van der Waals surface area contributed by atoms with Gasteiger partial charge < -0.3 is 0 Å². The number of hydrogen-bond acceptors (Lipinski definition) is 6. The zero-order chi connectivity index (χ0) is 25.9. The van der Waals surface area contributed by atoms with Gasteiger partial charge in [-0.3, -0.25) is 9.71 Å². The Labute approximate surface area is 215 Å². The van der Waals surface area contributed by atoms with Crippen LogP contribution in [0.15, 0.2) is 93.9 Å². The Balaban J connectivity index is 1.66. The number of aliphatic imine (C=N–C) groups is 1. The Hall–Kier alpha value is -3.41. The number of halogens is 1. The van der Waals surface area contributed by atoms with E-state index in [1.165, 1.54) is 36.3 Å². The molecule has 188 valence electrons. The minimum Gasteiger partial charge on any atom is -0.284 e. The molecular formula is C24H24ClN5O4S2. The third-order valence-electron chi connectivity index (χ3n) is 5.41. The van der Waals surface area contributed by atoms with E-state index in [9.17, 15) is 16.8 Å². The number of hydrazone groups is 1. The minimum absolute atomic E-state index is 0.0463. The average molecular weight is 546 g/mol. The third-order valence-corrected chi connectivity index (χ3v) is 7.61. The van der Waals surface area contributed by atoms with Crippen molar-refractivity contribution in [2.75, 3.05) is 24.6 Å². The van der Waals surface area contributed by atoms with Gasteiger partial charge in [-0.05, 0) is 47.5 Å². The fraction of sp³-hybridized carbons (Fsp3) is 0.167. The van der Waals surface area contributed by atoms with Crippen molar-refractivity contribution in [2.24, 2.45) is 10.1 Å². The molecule has 0 fully saturated rings. The topological polar surface area (TPSA) is 120 Å². The highest BCUT2D eigenvalue weighted by Crippen LogP contribution is 2.29. The standard InChI is InChI=1S/C24H24ClN5O4S2/c1-26-24(29-36(33,34)21-14-10-19(25)11-15-21)30-16-22(17-6-4-3-5-7-17)23(27-30)18-8-12-20(13-9-18)28-35(2,31)32/h3-15,22,28H,16H2,1-2H3,(H,26,29). The van der Waals surface area contributed by atoms with Crippen LogP contribution in [0.5, 0.6) is 0 Å². The van der Waals surface area contributed by atoms with E-state index in [1.807, 2.05) is 30.3 Å². The first-order valence-corrected chi connectivity index (χ1v) is 14.6. The molecule has 0 radical (unpaired) electrons. The van der Waals surface area contributed by atoms with Gasteiger partial charge in [0, 0.05) is 23.7 Å². The molecule has 1 heterocycles. The molecule has 0 aromatic heterocycles. The van der Waals surface area contributed by atoms with E-state index in [2.05, 4.69) is 14.4 Å². The number of anilines is 1. The highest BCUT2D eigenvalue weighted by Gasteiger charge is 2.32. The largest absolute Gasteiger partial charge is 0.284 e. The van der Waals surface area contributed by atoms with Crippen LogP contribution in [0.4, 0.5) is 5.69 Å². The number of benzene rings is 3. The molecular weight excluding hydrogens is 522 g/mol. The SMILES string of the molecule is CN=C(NS(=O)(=O)c1ccc(Cl)cc1)N1CC(c2ccccc2)C(c2ccc(NS(C)(=O)=O)cc2)=N1. The van der Waals surface area contributed by atoms with Gasteiger partial charge in [-0.15, -0.1) is 0 Å². The van der Waals surface area contributed by atoms with Crippen molar-refractivity contribution in [1.82, 2.24) is 9.73 Å². The molecule has 2 N–H and O–H groups in total. The molecule has 0 bridgehead atoms. The maximum Gasteiger partial charge on any atom is 0.264 e. The first-order chi connectivity index (χ1) is 17.1. The van der Waals surface area contributed by atoms with Gasteiger partial charge in [0.1, 0.15) is 0 Å². The molecule has 0 amide bonds. The number of guanidine groups is 1. The van der Waals surface area contributed by atoms with E-state index < -0.39 is 20.0 Å². The monoisotopic (exact) mass is 545 g/mol. The van der Waals surface area contributed by atoms with E-state index in [1.54, 1.807) is 24.3 Å². The fourth-order valence-corrected chi connectivity index (χ4v) is 5.51. The molecule has 3 aromatic carbocycles. The Morgan fingerprint density at radius 3 is 2.19 bits per heavy atom. The van der Waals surface area contributed by atoms with Crippen LogP contribution in [0.1, 0.15) is 17.0 Å². The van der Waals surface area contributed by atoms with Crippen LogP contribution in [-0.4, -0.2) is 53.4 Å². The molecule has 1 aliphatic rings. The normalized spacial score (nSPS) is 16.5. The van der Waals surface area contributed by atoms with Crippen molar-refractivity contribution in [2.45, 2.75) is 10.8 Å². The van der Waals surface area contributed by atoms with Crippen LogP contribution in [0.25, 0.3) is 0 Å². The smallest absolute Gasteiger partial charge is 0.264 e. The van der Waals surface area contributed by atoms with Crippen LogP contribution >= 0.6 is 11.6 Å². The van der Waals surface area contributed by atoms with Gasteiger partial charge in [0.05, 0.1) is 23.4 Å². The molecule has 0 saturated carbocycles. The van der Waals surface area contributed by atoms with E-state index in [0.717, 1.165) is 17.4 Å². The van der Waals surface area contributed by atoms with Crippen LogP contribution in [0, 0.1) is 0 Å². The average Bonchev–Trinajstić information content (AvgIpc) is 3.28. The van der Waals surface area contributed by atoms with E-state index in [0.29, 0.717) is 23.0 Å². The summed E-state index contributed by atoms with van der Waals surface area (Å²) in [5.74, 6) is -0.118. The number of nitrogens with zero attached hydrogens (tertiary/aromatic N) is 3. The lowest BCUT2D eigenvalue weighted by Gasteiger charge is -2.19. The second-order valence-corrected chi connectivity index (χ2v) is 12.0. The summed E-state index contributed by atoms with van der Waals surface area (Å²) in [5.41, 5.74) is 2.88. The maximum atomic E-state index is 13.0. The molecule has 0 spiro atoms. The fourth-order valence-electron chi connectivity index (χ4n) is 3.77. The number of hydrogen-bond donors (Lipinski definition) is 2. The first-order valence-electron chi connectivity index (χ1n) is 10.8. The van der Waals surface area contributed by atoms with Crippen molar-refractivity contribution in [3.8, 4) is 0 Å². The van der Waals surface area contributed by atoms with Gasteiger partial charge in [-0.25, -0.2) is 26.6 Å². The molecule has 1 aliphatic heterocycles. The van der Waals surface area contributed by atoms with Crippen molar-refractivity contribution in [1.29, 1.82) is 0 Å². The van der Waals surface area contributed by atoms with Crippen molar-refractivity contribution >= 4 is 49.0 Å². The second-order valence-electron chi connectivity index (χ2n) is 8.09. The zero-order valence-corrected chi connectivity index (χ0v) is 21.8. The molecule has 3 aromatic rings. The Morgan fingerprint density at radius 2 is 1.61 bits per heavy atom. The molecule has 0 saturated heterocycles. The van der Waals surface area contributed by atoms with Gasteiger partial charge in [0.15, 0.2) is 0 Å². The Bertz CT molecular complexity index is 1510. The highest BCUT2D eigenvalue weighted by atomic mass is 35.5. The molecule has 12 heteroatoms. The summed E-state index contributed by atoms with van der Waals surface area (Å²) in [6.07, 6.45) is 1.09. The molecule has 4 rings (SSSR count). The predicted octanol–water partition coefficient (Wildman–Crippen LogP) is 3.48. The summed E-state index contributed by atoms with van der Waals surface area (Å²) in [4.78, 5) is 4.20. The van der Waals surface area contributed by atoms with Gasteiger partial charge in [0.2, 0.25) is 16.0 Å². The summed E-state index contributed by atoms with van der Waals surface area (Å²) in [5, 5.41) is 6.66. The first kappa shape index (κ1) is 25.7. The summed E-state index contributed by atoms with van der Waals surface area (Å²) in [6, 6.07) is 22.4. The zero-order valence-electron chi connectivity index (χ0n) is 19.5. The quantitative estimate of drug-likeness (QED) is 0.363. The van der Waals surface area contributed by atoms with Crippen LogP contribution in [0.3, 0.4) is 0 Å². The van der Waals surface area contributed by atoms with Crippen molar-refractivity contribution in [3.05, 3.63) is 95.0 Å². The Morgan fingerprint density at radius 1 is 0.972 bits per heavy atom. The number of sulfonamides is 2. The molecule has 0 aliphatic carbocycles. The van der Waals surface area contributed by atoms with Crippen LogP contribution < -0.4 is 9.44 Å². The lowest BCUT2D eigenvalue weighted by atomic mass is 9.90. The summed E-state index contributed by atoms with van der Waals surface area (Å²) < 4.78 is 54.0. The van der Waals surface area contributed by atoms with Crippen LogP contribution in [-0.2, 0) is 20.0 Å². The molecule has 1 atom stereocenters. The van der Waals surface area contributed by atoms with Gasteiger partial charge in [0.25, 0.3) is 10.0 Å². The summed E-state index contributed by atoms with van der Waals surface area (Å²) in [6.45, 7) is 0.346. The predicted molar refractivity (Wildman–Crippen MR) is 142 cm³/mol. The van der Waals surface area contributed by atoms with Gasteiger partial charge >= 0.3 is 0 Å². The maximum absolute atomic E-state index is 13.0. The van der Waals surface area contributed by atoms with E-state index in [4.69, 9.17) is 16.7 Å². The number of nitrogens with one attached hydrogen (secondary N) is 2. The van der Waals surface area contributed by atoms with Crippen molar-refractivity contribution < 1.29 is 16.8 Å². The van der Waals surface area contributed by atoms with Crippen molar-refractivity contribution in [3.63, 3.8) is 0 Å². The molecule has 1 unspecified atom stereocenters. The lowest BCUT2D eigenvalue weighted by Crippen LogP contribution is -2.41. The number of rotatable bonds is 6. The molecule has 9 nitrogen and oxygen atoms in total. The lowest BCUT2D eigenvalue weighted by molar-refractivity contribution is 0.462. The third kappa shape index (κ3) is 6.04. The molecule has 36 heavy (non-hydrogen) atoms. The highest BCUT2D eigenvalue weighted by molar-refractivity contribution is 7.92. The van der Waals surface area contributed by atoms with E-state index >= 15 is 0 Å². The second kappa shape index (κ2) is 10.3.